The molecule has 0 saturated heterocycles. The summed E-state index contributed by atoms with van der Waals surface area (Å²) in [5.41, 5.74) is 6.39. The summed E-state index contributed by atoms with van der Waals surface area (Å²) in [7, 11) is 1.51. The van der Waals surface area contributed by atoms with E-state index in [2.05, 4.69) is 0 Å². The Balaban J connectivity index is 0.00000220. The first kappa shape index (κ1) is 18.1. The Bertz CT molecular complexity index is 445. The van der Waals surface area contributed by atoms with Crippen LogP contribution < -0.4 is 5.73 Å². The van der Waals surface area contributed by atoms with Crippen molar-refractivity contribution in [3.05, 3.63) is 35.4 Å². The number of carbonyl (C=O) groups excluding carboxylic acids is 1. The molecule has 3 N–H and O–H groups in total. The lowest BCUT2D eigenvalue weighted by Crippen LogP contribution is -2.53. The van der Waals surface area contributed by atoms with Crippen molar-refractivity contribution in [3.63, 3.8) is 0 Å². The maximum absolute atomic E-state index is 10.7. The monoisotopic (exact) mass is 313 g/mol. The number of ether oxygens (including phenoxy) is 1. The zero-order valence-corrected chi connectivity index (χ0v) is 13.1. The highest BCUT2D eigenvalue weighted by molar-refractivity contribution is 5.85. The third kappa shape index (κ3) is 3.83. The van der Waals surface area contributed by atoms with Gasteiger partial charge in [0.2, 0.25) is 0 Å². The summed E-state index contributed by atoms with van der Waals surface area (Å²) in [5, 5.41) is 10.7. The Morgan fingerprint density at radius 1 is 1.29 bits per heavy atom. The van der Waals surface area contributed by atoms with E-state index in [1.165, 1.54) is 13.5 Å². The lowest BCUT2D eigenvalue weighted by molar-refractivity contribution is -0.132. The van der Waals surface area contributed by atoms with Crippen LogP contribution in [0.2, 0.25) is 0 Å². The van der Waals surface area contributed by atoms with E-state index in [-0.39, 0.29) is 18.3 Å². The van der Waals surface area contributed by atoms with Gasteiger partial charge in [-0.05, 0) is 18.8 Å². The van der Waals surface area contributed by atoms with E-state index in [1.807, 2.05) is 0 Å². The average molecular weight is 314 g/mol. The standard InChI is InChI=1S/C16H23NO3.ClH/c1-20-16(17,14-9-7-12(11-18)8-10-14)15(19)13-5-3-2-4-6-13;/h7-11,13,15,19H,2-6,17H2,1H3;1H/t15-,16-;/m1./s1. The van der Waals surface area contributed by atoms with Gasteiger partial charge in [-0.1, -0.05) is 43.5 Å². The van der Waals surface area contributed by atoms with E-state index >= 15 is 0 Å². The zero-order chi connectivity index (χ0) is 14.6. The van der Waals surface area contributed by atoms with Crippen LogP contribution in [0.4, 0.5) is 0 Å². The van der Waals surface area contributed by atoms with Crippen molar-refractivity contribution in [2.45, 2.75) is 43.9 Å². The van der Waals surface area contributed by atoms with Crippen LogP contribution in [-0.4, -0.2) is 24.6 Å². The Morgan fingerprint density at radius 2 is 1.86 bits per heavy atom. The summed E-state index contributed by atoms with van der Waals surface area (Å²) in [5.74, 6) is 0.166. The number of benzene rings is 1. The molecule has 0 bridgehead atoms. The first-order valence-corrected chi connectivity index (χ1v) is 7.19. The summed E-state index contributed by atoms with van der Waals surface area (Å²) in [6.45, 7) is 0. The van der Waals surface area contributed by atoms with Gasteiger partial charge in [-0.2, -0.15) is 0 Å². The molecule has 0 aliphatic heterocycles. The molecule has 0 aromatic heterocycles. The highest BCUT2D eigenvalue weighted by Gasteiger charge is 2.40. The molecule has 1 aromatic carbocycles. The van der Waals surface area contributed by atoms with Crippen LogP contribution in [0.15, 0.2) is 24.3 Å². The molecule has 1 aromatic rings. The smallest absolute Gasteiger partial charge is 0.168 e. The largest absolute Gasteiger partial charge is 0.388 e. The molecule has 21 heavy (non-hydrogen) atoms. The summed E-state index contributed by atoms with van der Waals surface area (Å²) in [4.78, 5) is 10.7. The molecule has 118 valence electrons. The number of nitrogens with two attached hydrogens (primary N) is 1. The van der Waals surface area contributed by atoms with E-state index < -0.39 is 11.8 Å². The van der Waals surface area contributed by atoms with Crippen molar-refractivity contribution in [2.24, 2.45) is 11.7 Å². The van der Waals surface area contributed by atoms with Gasteiger partial charge in [-0.3, -0.25) is 10.5 Å². The van der Waals surface area contributed by atoms with Gasteiger partial charge in [0.25, 0.3) is 0 Å². The number of rotatable bonds is 5. The maximum Gasteiger partial charge on any atom is 0.168 e. The number of hydrogen-bond acceptors (Lipinski definition) is 4. The van der Waals surface area contributed by atoms with E-state index in [4.69, 9.17) is 10.5 Å². The first-order chi connectivity index (χ1) is 9.61. The van der Waals surface area contributed by atoms with Gasteiger partial charge in [-0.25, -0.2) is 0 Å². The molecule has 2 atom stereocenters. The van der Waals surface area contributed by atoms with Crippen molar-refractivity contribution in [1.29, 1.82) is 0 Å². The molecule has 4 nitrogen and oxygen atoms in total. The van der Waals surface area contributed by atoms with Crippen LogP contribution in [0.3, 0.4) is 0 Å². The van der Waals surface area contributed by atoms with Crippen molar-refractivity contribution in [1.82, 2.24) is 0 Å². The average Bonchev–Trinajstić information content (AvgIpc) is 2.54. The quantitative estimate of drug-likeness (QED) is 0.647. The molecule has 1 aliphatic carbocycles. The second kappa shape index (κ2) is 7.90. The van der Waals surface area contributed by atoms with Gasteiger partial charge in [0, 0.05) is 18.2 Å². The second-order valence-electron chi connectivity index (χ2n) is 5.58. The van der Waals surface area contributed by atoms with E-state index in [0.29, 0.717) is 11.1 Å². The normalized spacial score (nSPS) is 20.1. The summed E-state index contributed by atoms with van der Waals surface area (Å²) < 4.78 is 5.45. The van der Waals surface area contributed by atoms with Crippen molar-refractivity contribution < 1.29 is 14.6 Å². The SMILES string of the molecule is CO[C@](N)(c1ccc(C=O)cc1)[C@H](O)C1CCCCC1.Cl. The minimum atomic E-state index is -1.22. The Morgan fingerprint density at radius 3 is 2.33 bits per heavy atom. The topological polar surface area (TPSA) is 72.5 Å². The first-order valence-electron chi connectivity index (χ1n) is 7.19. The molecule has 1 saturated carbocycles. The number of hydrogen-bond donors (Lipinski definition) is 2. The van der Waals surface area contributed by atoms with Crippen LogP contribution in [0.5, 0.6) is 0 Å². The Kier molecular flexibility index (Phi) is 6.81. The van der Waals surface area contributed by atoms with Gasteiger partial charge in [0.1, 0.15) is 12.4 Å². The maximum atomic E-state index is 10.7. The van der Waals surface area contributed by atoms with Crippen molar-refractivity contribution in [2.75, 3.05) is 7.11 Å². The van der Waals surface area contributed by atoms with Crippen LogP contribution in [0.25, 0.3) is 0 Å². The van der Waals surface area contributed by atoms with Gasteiger partial charge in [0.05, 0.1) is 0 Å². The number of methoxy groups -OCH3 is 1. The molecule has 1 fully saturated rings. The van der Waals surface area contributed by atoms with Crippen LogP contribution >= 0.6 is 12.4 Å². The molecule has 5 heteroatoms. The Hall–Kier alpha value is -0.940. The van der Waals surface area contributed by atoms with Crippen molar-refractivity contribution in [3.8, 4) is 0 Å². The van der Waals surface area contributed by atoms with Crippen molar-refractivity contribution >= 4 is 18.7 Å². The fraction of sp³-hybridized carbons (Fsp3) is 0.562. The lowest BCUT2D eigenvalue weighted by Gasteiger charge is -2.39. The van der Waals surface area contributed by atoms with Gasteiger partial charge in [-0.15, -0.1) is 12.4 Å². The third-order valence-corrected chi connectivity index (χ3v) is 4.37. The fourth-order valence-corrected chi connectivity index (χ4v) is 3.03. The molecule has 2 rings (SSSR count). The van der Waals surface area contributed by atoms with Gasteiger partial charge >= 0.3 is 0 Å². The predicted molar refractivity (Wildman–Crippen MR) is 84.5 cm³/mol. The molecule has 0 heterocycles. The fourth-order valence-electron chi connectivity index (χ4n) is 3.03. The van der Waals surface area contributed by atoms with Gasteiger partial charge < -0.3 is 9.84 Å². The van der Waals surface area contributed by atoms with Gasteiger partial charge in [0.15, 0.2) is 5.72 Å². The summed E-state index contributed by atoms with van der Waals surface area (Å²) in [6, 6.07) is 6.88. The van der Waals surface area contributed by atoms with E-state index in [9.17, 15) is 9.90 Å². The third-order valence-electron chi connectivity index (χ3n) is 4.37. The molecule has 0 spiro atoms. The molecule has 0 amide bonds. The van der Waals surface area contributed by atoms with Crippen LogP contribution in [-0.2, 0) is 10.5 Å². The lowest BCUT2D eigenvalue weighted by atomic mass is 9.79. The zero-order valence-electron chi connectivity index (χ0n) is 12.3. The summed E-state index contributed by atoms with van der Waals surface area (Å²) >= 11 is 0. The second-order valence-corrected chi connectivity index (χ2v) is 5.58. The predicted octanol–water partition coefficient (Wildman–Crippen LogP) is 2.62. The number of aldehydes is 1. The Labute approximate surface area is 132 Å². The molecule has 1 aliphatic rings. The molecule has 0 unspecified atom stereocenters. The van der Waals surface area contributed by atoms with Crippen LogP contribution in [0, 0.1) is 5.92 Å². The molecular weight excluding hydrogens is 290 g/mol. The highest BCUT2D eigenvalue weighted by atomic mass is 35.5. The van der Waals surface area contributed by atoms with E-state index in [0.717, 1.165) is 32.0 Å². The number of carbonyl (C=O) groups is 1. The number of halogens is 1. The number of aliphatic hydroxyl groups excluding tert-OH is 1. The molecular formula is C16H24ClNO3. The molecule has 0 radical (unpaired) electrons. The highest BCUT2D eigenvalue weighted by Crippen LogP contribution is 2.35. The number of aliphatic hydroxyl groups is 1. The minimum Gasteiger partial charge on any atom is -0.388 e. The minimum absolute atomic E-state index is 0. The van der Waals surface area contributed by atoms with E-state index in [1.54, 1.807) is 24.3 Å². The van der Waals surface area contributed by atoms with Crippen LogP contribution in [0.1, 0.15) is 48.0 Å². The summed E-state index contributed by atoms with van der Waals surface area (Å²) in [6.07, 6.45) is 5.49.